The van der Waals surface area contributed by atoms with Crippen molar-refractivity contribution in [1.82, 2.24) is 10.2 Å². The van der Waals surface area contributed by atoms with E-state index in [2.05, 4.69) is 29.3 Å². The van der Waals surface area contributed by atoms with E-state index in [1.807, 2.05) is 18.2 Å². The number of benzene rings is 1. The molecular formula is C20H30IN3O3. The Labute approximate surface area is 178 Å². The third kappa shape index (κ3) is 6.36. The highest BCUT2D eigenvalue weighted by Crippen LogP contribution is 2.20. The van der Waals surface area contributed by atoms with Crippen molar-refractivity contribution in [3.05, 3.63) is 36.1 Å². The minimum absolute atomic E-state index is 0. The summed E-state index contributed by atoms with van der Waals surface area (Å²) in [5.41, 5.74) is 0.914. The lowest BCUT2D eigenvalue weighted by molar-refractivity contribution is 0.0536. The number of guanidine groups is 1. The molecule has 27 heavy (non-hydrogen) atoms. The highest BCUT2D eigenvalue weighted by Gasteiger charge is 2.25. The van der Waals surface area contributed by atoms with Gasteiger partial charge in [0.2, 0.25) is 0 Å². The molecule has 1 fully saturated rings. The summed E-state index contributed by atoms with van der Waals surface area (Å²) in [7, 11) is 1.70. The van der Waals surface area contributed by atoms with Crippen LogP contribution in [-0.2, 0) is 16.0 Å². The Balaban J connectivity index is 0.00000261. The third-order valence-corrected chi connectivity index (χ3v) is 4.57. The van der Waals surface area contributed by atoms with Crippen LogP contribution in [0.5, 0.6) is 0 Å². The summed E-state index contributed by atoms with van der Waals surface area (Å²) in [5, 5.41) is 4.52. The van der Waals surface area contributed by atoms with Crippen molar-refractivity contribution < 1.29 is 13.9 Å². The molecule has 1 aromatic carbocycles. The number of nitrogens with zero attached hydrogens (tertiary/aromatic N) is 2. The number of likely N-dealkylation sites (tertiary alicyclic amines) is 1. The van der Waals surface area contributed by atoms with Gasteiger partial charge in [-0.1, -0.05) is 18.2 Å². The zero-order valence-corrected chi connectivity index (χ0v) is 18.5. The van der Waals surface area contributed by atoms with Crippen LogP contribution in [0, 0.1) is 5.92 Å². The summed E-state index contributed by atoms with van der Waals surface area (Å²) in [6.45, 7) is 7.56. The quantitative estimate of drug-likeness (QED) is 0.268. The molecule has 150 valence electrons. The van der Waals surface area contributed by atoms with Gasteiger partial charge in [-0.3, -0.25) is 0 Å². The minimum Gasteiger partial charge on any atom is -0.459 e. The summed E-state index contributed by atoms with van der Waals surface area (Å²) < 4.78 is 16.6. The number of methoxy groups -OCH3 is 1. The van der Waals surface area contributed by atoms with Crippen LogP contribution >= 0.6 is 24.0 Å². The number of hydrogen-bond acceptors (Lipinski definition) is 4. The summed E-state index contributed by atoms with van der Waals surface area (Å²) >= 11 is 0. The fraction of sp³-hybridized carbons (Fsp3) is 0.550. The summed E-state index contributed by atoms with van der Waals surface area (Å²) in [6.07, 6.45) is 1.13. The smallest absolute Gasteiger partial charge is 0.194 e. The Kier molecular flexibility index (Phi) is 9.36. The number of rotatable bonds is 8. The van der Waals surface area contributed by atoms with Gasteiger partial charge in [-0.25, -0.2) is 4.99 Å². The van der Waals surface area contributed by atoms with Crippen molar-refractivity contribution in [2.75, 3.05) is 46.6 Å². The van der Waals surface area contributed by atoms with Gasteiger partial charge in [-0.15, -0.1) is 24.0 Å². The zero-order valence-electron chi connectivity index (χ0n) is 16.1. The van der Waals surface area contributed by atoms with E-state index in [1.54, 1.807) is 7.11 Å². The maximum absolute atomic E-state index is 5.87. The first-order chi connectivity index (χ1) is 12.8. The Morgan fingerprint density at radius 3 is 2.96 bits per heavy atom. The standard InChI is InChI=1S/C20H29N3O3.HI/c1-3-21-20(23-9-8-16(14-23)15-25-11-10-24-2)22-13-18-12-17-6-4-5-7-19(17)26-18;/h4-7,12,16H,3,8-11,13-15H2,1-2H3,(H,21,22);1H. The van der Waals surface area contributed by atoms with Crippen LogP contribution in [0.15, 0.2) is 39.7 Å². The van der Waals surface area contributed by atoms with Crippen LogP contribution in [0.25, 0.3) is 11.0 Å². The lowest BCUT2D eigenvalue weighted by Crippen LogP contribution is -2.40. The predicted octanol–water partition coefficient (Wildman–Crippen LogP) is 3.50. The molecule has 2 aromatic rings. The van der Waals surface area contributed by atoms with E-state index in [0.29, 0.717) is 25.7 Å². The van der Waals surface area contributed by atoms with Crippen molar-refractivity contribution in [1.29, 1.82) is 0 Å². The molecule has 1 saturated heterocycles. The molecule has 3 rings (SSSR count). The molecule has 0 saturated carbocycles. The fourth-order valence-electron chi connectivity index (χ4n) is 3.25. The molecule has 1 aliphatic rings. The van der Waals surface area contributed by atoms with E-state index in [-0.39, 0.29) is 24.0 Å². The maximum atomic E-state index is 5.87. The fourth-order valence-corrected chi connectivity index (χ4v) is 3.25. The van der Waals surface area contributed by atoms with Crippen molar-refractivity contribution in [2.45, 2.75) is 19.9 Å². The first-order valence-corrected chi connectivity index (χ1v) is 9.37. The van der Waals surface area contributed by atoms with E-state index in [1.165, 1.54) is 0 Å². The number of fused-ring (bicyclic) bond motifs is 1. The molecule has 0 spiro atoms. The molecule has 7 heteroatoms. The van der Waals surface area contributed by atoms with E-state index < -0.39 is 0 Å². The monoisotopic (exact) mass is 487 g/mol. The van der Waals surface area contributed by atoms with Gasteiger partial charge in [0, 0.05) is 38.0 Å². The van der Waals surface area contributed by atoms with Crippen LogP contribution in [-0.4, -0.2) is 57.4 Å². The van der Waals surface area contributed by atoms with Gasteiger partial charge in [0.15, 0.2) is 5.96 Å². The molecule has 0 aliphatic carbocycles. The van der Waals surface area contributed by atoms with Crippen LogP contribution in [0.3, 0.4) is 0 Å². The number of aliphatic imine (C=N–C) groups is 1. The Morgan fingerprint density at radius 2 is 2.19 bits per heavy atom. The summed E-state index contributed by atoms with van der Waals surface area (Å²) in [5.74, 6) is 2.38. The zero-order chi connectivity index (χ0) is 18.2. The first-order valence-electron chi connectivity index (χ1n) is 9.37. The van der Waals surface area contributed by atoms with E-state index in [0.717, 1.165) is 55.4 Å². The molecule has 1 N–H and O–H groups in total. The van der Waals surface area contributed by atoms with Crippen LogP contribution in [0.4, 0.5) is 0 Å². The topological polar surface area (TPSA) is 59.2 Å². The summed E-state index contributed by atoms with van der Waals surface area (Å²) in [6, 6.07) is 10.1. The lowest BCUT2D eigenvalue weighted by Gasteiger charge is -2.21. The van der Waals surface area contributed by atoms with Crippen LogP contribution in [0.2, 0.25) is 0 Å². The normalized spacial score (nSPS) is 17.3. The molecular weight excluding hydrogens is 457 g/mol. The minimum atomic E-state index is 0. The molecule has 0 radical (unpaired) electrons. The van der Waals surface area contributed by atoms with Gasteiger partial charge in [-0.2, -0.15) is 0 Å². The summed E-state index contributed by atoms with van der Waals surface area (Å²) in [4.78, 5) is 7.10. The second-order valence-electron chi connectivity index (χ2n) is 6.59. The van der Waals surface area contributed by atoms with Crippen molar-refractivity contribution in [2.24, 2.45) is 10.9 Å². The number of halogens is 1. The molecule has 0 amide bonds. The number of para-hydroxylation sites is 1. The van der Waals surface area contributed by atoms with Gasteiger partial charge in [-0.05, 0) is 25.5 Å². The SMILES string of the molecule is CCNC(=NCc1cc2ccccc2o1)N1CCC(COCCOC)C1.I. The highest BCUT2D eigenvalue weighted by molar-refractivity contribution is 14.0. The number of nitrogens with one attached hydrogen (secondary N) is 1. The second kappa shape index (κ2) is 11.5. The number of hydrogen-bond donors (Lipinski definition) is 1. The van der Waals surface area contributed by atoms with Crippen LogP contribution < -0.4 is 5.32 Å². The first kappa shape index (κ1) is 22.0. The highest BCUT2D eigenvalue weighted by atomic mass is 127. The Hall–Kier alpha value is -1.32. The van der Waals surface area contributed by atoms with Gasteiger partial charge < -0.3 is 24.1 Å². The molecule has 0 bridgehead atoms. The van der Waals surface area contributed by atoms with E-state index in [9.17, 15) is 0 Å². The predicted molar refractivity (Wildman–Crippen MR) is 119 cm³/mol. The van der Waals surface area contributed by atoms with Gasteiger partial charge in [0.1, 0.15) is 17.9 Å². The Morgan fingerprint density at radius 1 is 1.33 bits per heavy atom. The molecule has 6 nitrogen and oxygen atoms in total. The van der Waals surface area contributed by atoms with Crippen molar-refractivity contribution >= 4 is 40.9 Å². The van der Waals surface area contributed by atoms with E-state index >= 15 is 0 Å². The number of furan rings is 1. The van der Waals surface area contributed by atoms with Gasteiger partial charge in [0.05, 0.1) is 19.8 Å². The van der Waals surface area contributed by atoms with Crippen LogP contribution in [0.1, 0.15) is 19.1 Å². The lowest BCUT2D eigenvalue weighted by atomic mass is 10.1. The average molecular weight is 487 g/mol. The third-order valence-electron chi connectivity index (χ3n) is 4.57. The number of ether oxygens (including phenoxy) is 2. The molecule has 1 aliphatic heterocycles. The van der Waals surface area contributed by atoms with Crippen molar-refractivity contribution in [3.8, 4) is 0 Å². The Bertz CT molecular complexity index is 686. The molecule has 1 aromatic heterocycles. The second-order valence-corrected chi connectivity index (χ2v) is 6.59. The average Bonchev–Trinajstić information content (AvgIpc) is 3.29. The molecule has 1 unspecified atom stereocenters. The maximum Gasteiger partial charge on any atom is 0.194 e. The van der Waals surface area contributed by atoms with Gasteiger partial charge >= 0.3 is 0 Å². The molecule has 1 atom stereocenters. The molecule has 2 heterocycles. The van der Waals surface area contributed by atoms with E-state index in [4.69, 9.17) is 18.9 Å². The van der Waals surface area contributed by atoms with Gasteiger partial charge in [0.25, 0.3) is 0 Å². The van der Waals surface area contributed by atoms with Crippen molar-refractivity contribution in [3.63, 3.8) is 0 Å². The largest absolute Gasteiger partial charge is 0.459 e.